The molecule has 0 aliphatic carbocycles. The van der Waals surface area contributed by atoms with Gasteiger partial charge in [-0.1, -0.05) is 0 Å². The Balaban J connectivity index is 5.22. The third kappa shape index (κ3) is 6.50. The van der Waals surface area contributed by atoms with E-state index in [9.17, 15) is 18.0 Å². The highest BCUT2D eigenvalue weighted by Crippen LogP contribution is 2.14. The van der Waals surface area contributed by atoms with Gasteiger partial charge in [0, 0.05) is 12.4 Å². The van der Waals surface area contributed by atoms with E-state index in [1.807, 2.05) is 0 Å². The number of hydrogen-bond donors (Lipinski definition) is 2. The largest absolute Gasteiger partial charge is 0.468 e. The second-order valence-electron chi connectivity index (χ2n) is 3.66. The van der Waals surface area contributed by atoms with E-state index in [2.05, 4.69) is 20.1 Å². The zero-order valence-electron chi connectivity index (χ0n) is 12.3. The Kier molecular flexibility index (Phi) is 8.51. The predicted molar refractivity (Wildman–Crippen MR) is 76.3 cm³/mol. The number of hydrogen-bond acceptors (Lipinski definition) is 10. The molecule has 0 aromatic heterocycles. The zero-order chi connectivity index (χ0) is 17.9. The minimum Gasteiger partial charge on any atom is -0.468 e. The van der Waals surface area contributed by atoms with E-state index in [1.54, 1.807) is 0 Å². The van der Waals surface area contributed by atoms with Gasteiger partial charge < -0.3 is 20.1 Å². The molecule has 0 amide bonds. The minimum atomic E-state index is -4.40. The van der Waals surface area contributed by atoms with Gasteiger partial charge in [0.25, 0.3) is 0 Å². The highest BCUT2D eigenvalue weighted by atomic mass is 32.2. The van der Waals surface area contributed by atoms with Gasteiger partial charge in [0.05, 0.1) is 14.2 Å². The highest BCUT2D eigenvalue weighted by molar-refractivity contribution is 7.99. The molecule has 0 aliphatic rings. The maximum Gasteiger partial charge on any atom is 0.325 e. The average Bonchev–Trinajstić information content (AvgIpc) is 2.54. The van der Waals surface area contributed by atoms with E-state index in [1.165, 1.54) is 12.1 Å². The number of rotatable bonds is 8. The van der Waals surface area contributed by atoms with E-state index in [0.717, 1.165) is 26.6 Å². The minimum absolute atomic E-state index is 0.358. The molecule has 0 aromatic carbocycles. The fourth-order valence-electron chi connectivity index (χ4n) is 1.06. The molecule has 0 saturated carbocycles. The molecule has 0 atom stereocenters. The smallest absolute Gasteiger partial charge is 0.325 e. The van der Waals surface area contributed by atoms with Gasteiger partial charge >= 0.3 is 11.9 Å². The summed E-state index contributed by atoms with van der Waals surface area (Å²) in [6.45, 7) is -0.715. The van der Waals surface area contributed by atoms with Crippen LogP contribution < -0.4 is 10.6 Å². The summed E-state index contributed by atoms with van der Waals surface area (Å²) in [7, 11) is -2.13. The number of sulfone groups is 1. The van der Waals surface area contributed by atoms with Gasteiger partial charge in [-0.25, -0.2) is 8.42 Å². The first kappa shape index (κ1) is 19.9. The number of nitrogens with zero attached hydrogens (tertiary/aromatic N) is 2. The third-order valence-corrected chi connectivity index (χ3v) is 3.79. The lowest BCUT2D eigenvalue weighted by Crippen LogP contribution is -2.22. The van der Waals surface area contributed by atoms with E-state index in [-0.39, 0.29) is 13.1 Å². The molecule has 0 aliphatic heterocycles. The Hall–Kier alpha value is -3.05. The molecule has 0 aromatic rings. The van der Waals surface area contributed by atoms with Crippen molar-refractivity contribution in [1.82, 2.24) is 10.6 Å². The quantitative estimate of drug-likeness (QED) is 0.399. The van der Waals surface area contributed by atoms with E-state index in [4.69, 9.17) is 10.5 Å². The number of esters is 2. The van der Waals surface area contributed by atoms with Crippen molar-refractivity contribution in [2.24, 2.45) is 0 Å². The molecule has 0 rings (SSSR count). The van der Waals surface area contributed by atoms with E-state index in [0.29, 0.717) is 0 Å². The van der Waals surface area contributed by atoms with Crippen molar-refractivity contribution in [1.29, 1.82) is 10.5 Å². The molecular weight excluding hydrogens is 328 g/mol. The molecular formula is C12H14N4O6S. The summed E-state index contributed by atoms with van der Waals surface area (Å²) >= 11 is 0. The van der Waals surface area contributed by atoms with Gasteiger partial charge in [-0.15, -0.1) is 0 Å². The molecule has 0 radical (unpaired) electrons. The van der Waals surface area contributed by atoms with Crippen LogP contribution in [0.4, 0.5) is 0 Å². The van der Waals surface area contributed by atoms with Crippen molar-refractivity contribution in [2.75, 3.05) is 27.3 Å². The van der Waals surface area contributed by atoms with Gasteiger partial charge in [-0.3, -0.25) is 9.59 Å². The Morgan fingerprint density at radius 3 is 1.57 bits per heavy atom. The second kappa shape index (κ2) is 9.81. The average molecular weight is 342 g/mol. The third-order valence-electron chi connectivity index (χ3n) is 2.21. The summed E-state index contributed by atoms with van der Waals surface area (Å²) in [5, 5.41) is 22.4. The van der Waals surface area contributed by atoms with Crippen molar-refractivity contribution in [3.63, 3.8) is 0 Å². The Labute approximate surface area is 132 Å². The molecule has 0 heterocycles. The molecule has 124 valence electrons. The van der Waals surface area contributed by atoms with Gasteiger partial charge in [-0.05, 0) is 0 Å². The lowest BCUT2D eigenvalue weighted by atomic mass is 10.6. The van der Waals surface area contributed by atoms with Crippen molar-refractivity contribution in [3.8, 4) is 12.1 Å². The molecule has 0 saturated heterocycles. The van der Waals surface area contributed by atoms with Crippen LogP contribution in [-0.2, 0) is 28.9 Å². The number of nitrogens with one attached hydrogen (secondary N) is 2. The van der Waals surface area contributed by atoms with Crippen LogP contribution in [0.1, 0.15) is 0 Å². The maximum atomic E-state index is 12.1. The maximum absolute atomic E-state index is 12.1. The number of nitriles is 2. The zero-order valence-corrected chi connectivity index (χ0v) is 13.1. The van der Waals surface area contributed by atoms with Crippen LogP contribution in [-0.4, -0.2) is 47.7 Å². The lowest BCUT2D eigenvalue weighted by molar-refractivity contribution is -0.140. The molecule has 0 bridgehead atoms. The Morgan fingerprint density at radius 1 is 0.957 bits per heavy atom. The van der Waals surface area contributed by atoms with Crippen LogP contribution in [0.5, 0.6) is 0 Å². The molecule has 2 N–H and O–H groups in total. The number of carbonyl (C=O) groups excluding carboxylic acids is 2. The second-order valence-corrected chi connectivity index (χ2v) is 5.54. The first-order chi connectivity index (χ1) is 10.8. The molecule has 23 heavy (non-hydrogen) atoms. The summed E-state index contributed by atoms with van der Waals surface area (Å²) in [4.78, 5) is 20.2. The van der Waals surface area contributed by atoms with Crippen LogP contribution >= 0.6 is 0 Å². The van der Waals surface area contributed by atoms with Crippen molar-refractivity contribution >= 4 is 21.8 Å². The van der Waals surface area contributed by atoms with Crippen molar-refractivity contribution in [2.45, 2.75) is 0 Å². The number of carbonyl (C=O) groups is 2. The van der Waals surface area contributed by atoms with Gasteiger partial charge in [-0.2, -0.15) is 10.5 Å². The SMILES string of the molecule is COC(=O)CN/C=C(\C#N)S(=O)(=O)/C(C#N)=C/NCC(=O)OC. The molecule has 10 nitrogen and oxygen atoms in total. The fraction of sp³-hybridized carbons (Fsp3) is 0.333. The summed E-state index contributed by atoms with van der Waals surface area (Å²) in [5.41, 5.74) is 0. The van der Waals surface area contributed by atoms with Crippen LogP contribution in [0.15, 0.2) is 22.2 Å². The first-order valence-corrected chi connectivity index (χ1v) is 7.37. The number of methoxy groups -OCH3 is 2. The fourth-order valence-corrected chi connectivity index (χ4v) is 2.01. The van der Waals surface area contributed by atoms with Gasteiger partial charge in [0.2, 0.25) is 9.84 Å². The van der Waals surface area contributed by atoms with Crippen molar-refractivity contribution < 1.29 is 27.5 Å². The van der Waals surface area contributed by atoms with Crippen LogP contribution in [0.3, 0.4) is 0 Å². The summed E-state index contributed by atoms with van der Waals surface area (Å²) in [5.74, 6) is -1.35. The monoisotopic (exact) mass is 342 g/mol. The van der Waals surface area contributed by atoms with Crippen LogP contribution in [0, 0.1) is 22.7 Å². The highest BCUT2D eigenvalue weighted by Gasteiger charge is 2.24. The van der Waals surface area contributed by atoms with Gasteiger partial charge in [0.1, 0.15) is 25.2 Å². The van der Waals surface area contributed by atoms with Crippen molar-refractivity contribution in [3.05, 3.63) is 22.2 Å². The normalized spacial score (nSPS) is 11.7. The molecule has 11 heteroatoms. The first-order valence-electron chi connectivity index (χ1n) is 5.89. The Bertz CT molecular complexity index is 642. The predicted octanol–water partition coefficient (Wildman–Crippen LogP) is -1.34. The number of allylic oxidation sites excluding steroid dienone is 2. The standard InChI is InChI=1S/C12H14N4O6S/c1-21-11(17)7-15-5-9(3-13)23(19,20)10(4-14)6-16-8-12(18)22-2/h5-6,15-16H,7-8H2,1-2H3/b9-5+,10-6+. The Morgan fingerprint density at radius 2 is 1.30 bits per heavy atom. The van der Waals surface area contributed by atoms with E-state index >= 15 is 0 Å². The summed E-state index contributed by atoms with van der Waals surface area (Å²) < 4.78 is 32.8. The molecule has 0 fully saturated rings. The van der Waals surface area contributed by atoms with E-state index < -0.39 is 31.6 Å². The topological polar surface area (TPSA) is 158 Å². The molecule has 0 unspecified atom stereocenters. The number of ether oxygens (including phenoxy) is 2. The van der Waals surface area contributed by atoms with Gasteiger partial charge in [0.15, 0.2) is 9.81 Å². The summed E-state index contributed by atoms with van der Waals surface area (Å²) in [6.07, 6.45) is 1.55. The molecule has 0 spiro atoms. The summed E-state index contributed by atoms with van der Waals surface area (Å²) in [6, 6.07) is 2.81. The lowest BCUT2D eigenvalue weighted by Gasteiger charge is -2.04. The van der Waals surface area contributed by atoms with Crippen LogP contribution in [0.2, 0.25) is 0 Å². The van der Waals surface area contributed by atoms with Crippen LogP contribution in [0.25, 0.3) is 0 Å².